The summed E-state index contributed by atoms with van der Waals surface area (Å²) >= 11 is 1.65. The number of aromatic amines is 1. The number of carbonyl (C=O) groups excluding carboxylic acids is 7. The Bertz CT molecular complexity index is 6630. The minimum Gasteiger partial charge on any atom is -0.463 e. The summed E-state index contributed by atoms with van der Waals surface area (Å²) in [6.07, 6.45) is 60.0. The summed E-state index contributed by atoms with van der Waals surface area (Å²) in [7, 11) is 0. The Balaban J connectivity index is 0.000000112. The zero-order valence-electron chi connectivity index (χ0n) is 79.0. The number of hydrogen-bond donors (Lipinski definition) is 7. The van der Waals surface area contributed by atoms with Gasteiger partial charge < -0.3 is 61.6 Å². The number of fused-ring (bicyclic) bond motifs is 10. The van der Waals surface area contributed by atoms with Crippen LogP contribution in [0.15, 0.2) is 226 Å². The minimum atomic E-state index is -0.338. The molecule has 15 aliphatic rings. The number of carbonyl (C=O) groups is 7. The summed E-state index contributed by atoms with van der Waals surface area (Å²) in [4.78, 5) is 126. The highest BCUT2D eigenvalue weighted by Gasteiger charge is 2.44. The van der Waals surface area contributed by atoms with Crippen LogP contribution in [-0.4, -0.2) is 193 Å². The summed E-state index contributed by atoms with van der Waals surface area (Å²) < 4.78 is 5.08. The molecule has 0 bridgehead atoms. The fourth-order valence-corrected chi connectivity index (χ4v) is 22.2. The topological polar surface area (TPSA) is 376 Å². The largest absolute Gasteiger partial charge is 0.463 e. The van der Waals surface area contributed by atoms with Crippen molar-refractivity contribution in [2.24, 2.45) is 64.9 Å². The number of primary amides is 1. The number of ether oxygens (including phenoxy) is 1. The Hall–Kier alpha value is -15.0. The Morgan fingerprint density at radius 3 is 1.01 bits per heavy atom. The van der Waals surface area contributed by atoms with Gasteiger partial charge in [0.05, 0.1) is 12.8 Å². The van der Waals surface area contributed by atoms with Gasteiger partial charge in [-0.3, -0.25) is 33.9 Å². The van der Waals surface area contributed by atoms with E-state index in [2.05, 4.69) is 163 Å². The van der Waals surface area contributed by atoms with Crippen LogP contribution in [0.1, 0.15) is 148 Å². The van der Waals surface area contributed by atoms with Gasteiger partial charge in [-0.05, 0) is 291 Å². The first-order chi connectivity index (χ1) is 67.9. The Labute approximate surface area is 818 Å². The normalized spacial score (nSPS) is 23.4. The molecule has 8 N–H and O–H groups in total. The van der Waals surface area contributed by atoms with Crippen molar-refractivity contribution in [3.63, 3.8) is 0 Å². The van der Waals surface area contributed by atoms with E-state index in [-0.39, 0.29) is 53.2 Å². The van der Waals surface area contributed by atoms with Gasteiger partial charge in [0.25, 0.3) is 0 Å². The molecule has 0 spiro atoms. The van der Waals surface area contributed by atoms with Crippen LogP contribution in [0.25, 0.3) is 47.1 Å². The second kappa shape index (κ2) is 41.7. The molecule has 0 radical (unpaired) electrons. The Morgan fingerprint density at radius 2 is 0.707 bits per heavy atom. The number of anilines is 5. The van der Waals surface area contributed by atoms with Crippen LogP contribution in [0.5, 0.6) is 0 Å². The molecule has 6 amide bonds. The van der Waals surface area contributed by atoms with Gasteiger partial charge in [-0.1, -0.05) is 74.6 Å². The van der Waals surface area contributed by atoms with E-state index in [1.807, 2.05) is 106 Å². The van der Waals surface area contributed by atoms with E-state index < -0.39 is 0 Å². The van der Waals surface area contributed by atoms with Crippen molar-refractivity contribution in [3.05, 3.63) is 302 Å². The van der Waals surface area contributed by atoms with Gasteiger partial charge in [0.2, 0.25) is 35.4 Å². The van der Waals surface area contributed by atoms with Crippen LogP contribution >= 0.6 is 11.3 Å². The zero-order chi connectivity index (χ0) is 96.8. The molecule has 10 aliphatic heterocycles. The highest BCUT2D eigenvalue weighted by atomic mass is 32.1. The standard InChI is InChI=1S/C23H23N5O.C22H23N5OS.C22H23N5O.C22H25N3O3.C20H22N4O2/c1-15-2-4-17-6-16(9-26-23(17)27-15)3-5-22(29)28-12-19-7-18(8-20(19)13-28)21-10-24-14-25-11-21;1-13-3-5-16-7-15(10-23-21(16)24-13)4-6-20(28)27-11-18-8-17(9-19(18)12-27)22-26-25-14(2)29-22;1-14-2-4-16-6-15(9-23-22(16)26-14)3-5-21(28)27-12-18-7-17(8-19(18)13-27)20-10-24-25-11-20;1-3-28-22(27)17-9-18-12-25(13-19(18)10-17)20(26)7-5-15-8-16-6-4-14(2)24-21(16)23-11-15;1-12-2-4-14-6-13(9-22-20(14)23-12)3-5-18(25)24-10-16-7-15(19(21)26)8-17(16)11-24/h3,5-7,9-11,14,19-20H,1-2,4,8,12-13H2,(H,26,27);4,6-8,10,18-19H,1,3,5,9,11-12H2,2H3,(H,23,24);3,5-7,9-11,18-19H,1-2,4,8,12-13H2,(H,23,26)(H,24,25);5,7-9,11,18-19H,2-4,6,10,12-13H2,1H3,(H,23,24);3,5-7,9,16-17H,1-2,4,8,10-11H2,(H2,21,26)(H,22,23)/b5-3+;6-4+;5-3+;7-5+;5-3+. The number of nitrogens with two attached hydrogens (primary N) is 1. The van der Waals surface area contributed by atoms with E-state index >= 15 is 0 Å². The molecule has 716 valence electrons. The van der Waals surface area contributed by atoms with Crippen molar-refractivity contribution in [2.45, 2.75) is 110 Å². The van der Waals surface area contributed by atoms with E-state index in [0.717, 1.165) is 240 Å². The number of aromatic nitrogens is 11. The third-order valence-electron chi connectivity index (χ3n) is 28.9. The van der Waals surface area contributed by atoms with E-state index in [1.54, 1.807) is 79.0 Å². The molecule has 10 atom stereocenters. The van der Waals surface area contributed by atoms with Crippen LogP contribution in [0.4, 0.5) is 29.1 Å². The Kier molecular flexibility index (Phi) is 28.0. The first-order valence-electron chi connectivity index (χ1n) is 48.5. The molecule has 5 aliphatic carbocycles. The maximum absolute atomic E-state index is 12.7. The highest BCUT2D eigenvalue weighted by Crippen LogP contribution is 2.46. The fraction of sp³-hybridized carbons (Fsp3) is 0.349. The van der Waals surface area contributed by atoms with Gasteiger partial charge in [-0.2, -0.15) is 5.10 Å². The molecule has 5 fully saturated rings. The number of aryl methyl sites for hydroxylation is 6. The van der Waals surface area contributed by atoms with Crippen LogP contribution < -0.4 is 32.3 Å². The molecule has 0 saturated carbocycles. The van der Waals surface area contributed by atoms with E-state index in [0.29, 0.717) is 98.5 Å². The summed E-state index contributed by atoms with van der Waals surface area (Å²) in [5, 5.41) is 33.4. The molecule has 8 aromatic heterocycles. The maximum atomic E-state index is 12.7. The third kappa shape index (κ3) is 22.2. The number of nitrogens with one attached hydrogen (secondary N) is 6. The predicted molar refractivity (Wildman–Crippen MR) is 544 cm³/mol. The van der Waals surface area contributed by atoms with E-state index in [9.17, 15) is 33.6 Å². The van der Waals surface area contributed by atoms with E-state index in [1.165, 1.54) is 39.0 Å². The van der Waals surface area contributed by atoms with Crippen LogP contribution in [0.3, 0.4) is 0 Å². The second-order valence-electron chi connectivity index (χ2n) is 38.8. The average Bonchev–Trinajstić information content (AvgIpc) is 1.65. The lowest BCUT2D eigenvalue weighted by molar-refractivity contribution is -0.138. The molecule has 23 rings (SSSR count). The van der Waals surface area contributed by atoms with Crippen molar-refractivity contribution < 1.29 is 38.3 Å². The quantitative estimate of drug-likeness (QED) is 0.0349. The molecule has 0 aromatic carbocycles. The Morgan fingerprint density at radius 1 is 0.393 bits per heavy atom. The van der Waals surface area contributed by atoms with Gasteiger partial charge in [0, 0.05) is 208 Å². The lowest BCUT2D eigenvalue weighted by atomic mass is 9.99. The van der Waals surface area contributed by atoms with Gasteiger partial charge in [0.1, 0.15) is 45.4 Å². The van der Waals surface area contributed by atoms with Crippen molar-refractivity contribution in [1.82, 2.24) is 79.8 Å². The molecular formula is C109H116N22O8S. The van der Waals surface area contributed by atoms with Gasteiger partial charge in [-0.25, -0.2) is 39.7 Å². The van der Waals surface area contributed by atoms with Crippen LogP contribution in [0.2, 0.25) is 0 Å². The number of pyridine rings is 5. The number of nitrogens with zero attached hydrogens (tertiary/aromatic N) is 15. The molecular weight excluding hydrogens is 1780 g/mol. The lowest BCUT2D eigenvalue weighted by Gasteiger charge is -2.19. The van der Waals surface area contributed by atoms with Crippen LogP contribution in [0, 0.1) is 66.1 Å². The average molecular weight is 1890 g/mol. The summed E-state index contributed by atoms with van der Waals surface area (Å²) in [6.45, 7) is 31.4. The molecule has 18 heterocycles. The number of rotatable bonds is 16. The van der Waals surface area contributed by atoms with Crippen LogP contribution in [-0.2, 0) is 70.4 Å². The summed E-state index contributed by atoms with van der Waals surface area (Å²) in [5.41, 5.74) is 28.5. The molecule has 5 saturated heterocycles. The predicted octanol–water partition coefficient (Wildman–Crippen LogP) is 15.0. The van der Waals surface area contributed by atoms with Gasteiger partial charge >= 0.3 is 5.97 Å². The maximum Gasteiger partial charge on any atom is 0.333 e. The SMILES string of the molecule is C=C1CCc2cc(/C=C/C(=O)N3CC4C=C(C(=O)OCC)CC4C3)cnc2N1.C=C1CCc2cc(/C=C/C(=O)N3CC4C=C(C(N)=O)CC4C3)cnc2N1.C=C1CCc2cc(/C=C/C(=O)N3CC4C=C(c5cn[nH]c5)CC4C3)cnc2N1.C=C1CCc2cc(/C=C/C(=O)N3CC4C=C(c5cncnc5)CC4C3)cnc2N1.C=C1CCc2cc(/C=C/C(=O)N3CC4C=C(c5nnc(C)s5)CC4C3)cnc2N1. The first kappa shape index (κ1) is 94.0. The third-order valence-corrected chi connectivity index (χ3v) is 29.9. The first-order valence-corrected chi connectivity index (χ1v) is 49.3. The number of H-pyrrole nitrogens is 1. The minimum absolute atomic E-state index is 0.00218. The number of likely N-dealkylation sites (tertiary alicyclic amines) is 5. The van der Waals surface area contributed by atoms with Gasteiger partial charge in [-0.15, -0.1) is 10.2 Å². The monoisotopic (exact) mass is 1890 g/mol. The van der Waals surface area contributed by atoms with Crippen molar-refractivity contribution in [2.75, 3.05) is 98.6 Å². The van der Waals surface area contributed by atoms with E-state index in [4.69, 9.17) is 10.5 Å². The highest BCUT2D eigenvalue weighted by molar-refractivity contribution is 7.12. The summed E-state index contributed by atoms with van der Waals surface area (Å²) in [6, 6.07) is 10.4. The smallest absolute Gasteiger partial charge is 0.333 e. The molecule has 31 heteroatoms. The number of amides is 6. The van der Waals surface area contributed by atoms with Gasteiger partial charge in [0.15, 0.2) is 0 Å². The lowest BCUT2D eigenvalue weighted by Crippen LogP contribution is -2.28. The number of esters is 1. The summed E-state index contributed by atoms with van der Waals surface area (Å²) in [5.74, 6) is 7.98. The second-order valence-corrected chi connectivity index (χ2v) is 40.0. The molecule has 140 heavy (non-hydrogen) atoms. The zero-order valence-corrected chi connectivity index (χ0v) is 79.8. The molecule has 10 unspecified atom stereocenters. The molecule has 8 aromatic rings. The van der Waals surface area contributed by atoms with Crippen molar-refractivity contribution >= 4 is 129 Å². The number of allylic oxidation sites excluding steroid dienone is 8. The number of hydrogen-bond acceptors (Lipinski definition) is 24. The van der Waals surface area contributed by atoms with Crippen molar-refractivity contribution in [1.29, 1.82) is 0 Å². The molecule has 30 nitrogen and oxygen atoms in total. The van der Waals surface area contributed by atoms with Crippen molar-refractivity contribution in [3.8, 4) is 0 Å². The fourth-order valence-electron chi connectivity index (χ4n) is 21.5.